The van der Waals surface area contributed by atoms with Gasteiger partial charge in [0, 0.05) is 31.7 Å². The molecule has 0 saturated carbocycles. The van der Waals surface area contributed by atoms with Gasteiger partial charge in [-0.3, -0.25) is 4.90 Å². The topological polar surface area (TPSA) is 6.48 Å². The first-order valence-electron chi connectivity index (χ1n) is 5.09. The lowest BCUT2D eigenvalue weighted by Gasteiger charge is -2.41. The van der Waals surface area contributed by atoms with Gasteiger partial charge in [0.15, 0.2) is 0 Å². The predicted molar refractivity (Wildman–Crippen MR) is 53.4 cm³/mol. The van der Waals surface area contributed by atoms with Crippen LogP contribution in [0.4, 0.5) is 0 Å². The largest absolute Gasteiger partial charge is 0.301 e. The van der Waals surface area contributed by atoms with Crippen molar-refractivity contribution in [3.05, 3.63) is 0 Å². The lowest BCUT2D eigenvalue weighted by molar-refractivity contribution is 0.0729. The highest BCUT2D eigenvalue weighted by Crippen LogP contribution is 2.12. The first-order chi connectivity index (χ1) is 5.65. The normalized spacial score (nSPS) is 28.2. The van der Waals surface area contributed by atoms with E-state index >= 15 is 0 Å². The number of hydrogen-bond donors (Lipinski definition) is 0. The predicted octanol–water partition coefficient (Wildman–Crippen LogP) is 1.42. The van der Waals surface area contributed by atoms with E-state index < -0.39 is 0 Å². The number of rotatable bonds is 2. The van der Waals surface area contributed by atoms with Crippen LogP contribution in [0.15, 0.2) is 0 Å². The minimum absolute atomic E-state index is 0.716. The molecule has 1 rings (SSSR count). The summed E-state index contributed by atoms with van der Waals surface area (Å²) in [7, 11) is 2.24. The molecular formula is C10H22N2. The summed E-state index contributed by atoms with van der Waals surface area (Å²) in [6, 6.07) is 1.49. The Morgan fingerprint density at radius 3 is 2.50 bits per heavy atom. The summed E-state index contributed by atoms with van der Waals surface area (Å²) < 4.78 is 0. The van der Waals surface area contributed by atoms with Crippen LogP contribution < -0.4 is 0 Å². The van der Waals surface area contributed by atoms with E-state index in [-0.39, 0.29) is 0 Å². The first kappa shape index (κ1) is 10.0. The summed E-state index contributed by atoms with van der Waals surface area (Å²) >= 11 is 0. The van der Waals surface area contributed by atoms with Crippen LogP contribution in [-0.4, -0.2) is 48.6 Å². The van der Waals surface area contributed by atoms with Crippen molar-refractivity contribution in [1.29, 1.82) is 0 Å². The fourth-order valence-corrected chi connectivity index (χ4v) is 1.88. The van der Waals surface area contributed by atoms with Crippen molar-refractivity contribution in [1.82, 2.24) is 9.80 Å². The van der Waals surface area contributed by atoms with Gasteiger partial charge in [-0.2, -0.15) is 0 Å². The molecule has 0 N–H and O–H groups in total. The van der Waals surface area contributed by atoms with Crippen molar-refractivity contribution in [2.45, 2.75) is 39.3 Å². The summed E-state index contributed by atoms with van der Waals surface area (Å²) in [5.41, 5.74) is 0. The van der Waals surface area contributed by atoms with Crippen molar-refractivity contribution in [3.63, 3.8) is 0 Å². The third-order valence-corrected chi connectivity index (χ3v) is 3.01. The number of hydrogen-bond acceptors (Lipinski definition) is 2. The molecule has 2 nitrogen and oxygen atoms in total. The Morgan fingerprint density at radius 2 is 2.00 bits per heavy atom. The zero-order valence-electron chi connectivity index (χ0n) is 8.88. The molecule has 0 radical (unpaired) electrons. The Labute approximate surface area is 76.5 Å². The van der Waals surface area contributed by atoms with Crippen LogP contribution in [0.1, 0.15) is 27.2 Å². The molecule has 1 atom stereocenters. The SMILES string of the molecule is CCC1CN(C(C)C)CCN1C. The highest BCUT2D eigenvalue weighted by molar-refractivity contribution is 4.80. The van der Waals surface area contributed by atoms with Crippen molar-refractivity contribution in [2.24, 2.45) is 0 Å². The third kappa shape index (κ3) is 2.20. The lowest BCUT2D eigenvalue weighted by Crippen LogP contribution is -2.53. The monoisotopic (exact) mass is 170 g/mol. The smallest absolute Gasteiger partial charge is 0.0218 e. The minimum atomic E-state index is 0.716. The molecule has 2 heteroatoms. The summed E-state index contributed by atoms with van der Waals surface area (Å²) in [4.78, 5) is 5.06. The van der Waals surface area contributed by atoms with Gasteiger partial charge in [-0.15, -0.1) is 0 Å². The van der Waals surface area contributed by atoms with E-state index in [4.69, 9.17) is 0 Å². The van der Waals surface area contributed by atoms with Crippen LogP contribution in [0.25, 0.3) is 0 Å². The lowest BCUT2D eigenvalue weighted by atomic mass is 10.1. The van der Waals surface area contributed by atoms with Gasteiger partial charge in [-0.25, -0.2) is 0 Å². The van der Waals surface area contributed by atoms with Crippen LogP contribution >= 0.6 is 0 Å². The molecule has 0 aromatic heterocycles. The van der Waals surface area contributed by atoms with Gasteiger partial charge in [-0.05, 0) is 27.3 Å². The third-order valence-electron chi connectivity index (χ3n) is 3.01. The van der Waals surface area contributed by atoms with Gasteiger partial charge in [0.1, 0.15) is 0 Å². The Hall–Kier alpha value is -0.0800. The van der Waals surface area contributed by atoms with Crippen LogP contribution in [-0.2, 0) is 0 Å². The van der Waals surface area contributed by atoms with Crippen molar-refractivity contribution in [3.8, 4) is 0 Å². The van der Waals surface area contributed by atoms with Gasteiger partial charge < -0.3 is 4.90 Å². The van der Waals surface area contributed by atoms with Crippen LogP contribution in [0.5, 0.6) is 0 Å². The van der Waals surface area contributed by atoms with Gasteiger partial charge in [0.25, 0.3) is 0 Å². The molecule has 0 spiro atoms. The summed E-state index contributed by atoms with van der Waals surface area (Å²) in [5, 5.41) is 0. The number of piperazine rings is 1. The van der Waals surface area contributed by atoms with E-state index in [0.717, 1.165) is 6.04 Å². The van der Waals surface area contributed by atoms with Crippen molar-refractivity contribution >= 4 is 0 Å². The van der Waals surface area contributed by atoms with E-state index in [9.17, 15) is 0 Å². The molecule has 1 heterocycles. The molecule has 1 aliphatic heterocycles. The molecule has 1 aliphatic rings. The standard InChI is InChI=1S/C10H22N2/c1-5-10-8-12(9(2)3)7-6-11(10)4/h9-10H,5-8H2,1-4H3. The van der Waals surface area contributed by atoms with Crippen molar-refractivity contribution in [2.75, 3.05) is 26.7 Å². The second-order valence-corrected chi connectivity index (χ2v) is 4.13. The van der Waals surface area contributed by atoms with Gasteiger partial charge >= 0.3 is 0 Å². The van der Waals surface area contributed by atoms with Crippen molar-refractivity contribution < 1.29 is 0 Å². The fourth-order valence-electron chi connectivity index (χ4n) is 1.88. The molecule has 0 aromatic carbocycles. The highest BCUT2D eigenvalue weighted by Gasteiger charge is 2.23. The fraction of sp³-hybridized carbons (Fsp3) is 1.00. The maximum atomic E-state index is 2.58. The van der Waals surface area contributed by atoms with Crippen LogP contribution in [0.3, 0.4) is 0 Å². The van der Waals surface area contributed by atoms with Gasteiger partial charge in [-0.1, -0.05) is 6.92 Å². The van der Waals surface area contributed by atoms with E-state index in [0.29, 0.717) is 6.04 Å². The quantitative estimate of drug-likeness (QED) is 0.618. The first-order valence-corrected chi connectivity index (χ1v) is 5.09. The Balaban J connectivity index is 2.44. The second-order valence-electron chi connectivity index (χ2n) is 4.13. The van der Waals surface area contributed by atoms with E-state index in [1.165, 1.54) is 26.1 Å². The second kappa shape index (κ2) is 4.24. The maximum absolute atomic E-state index is 2.58. The Kier molecular flexibility index (Phi) is 3.53. The molecule has 1 saturated heterocycles. The summed E-state index contributed by atoms with van der Waals surface area (Å²) in [5.74, 6) is 0. The molecule has 12 heavy (non-hydrogen) atoms. The molecule has 0 bridgehead atoms. The van der Waals surface area contributed by atoms with E-state index in [2.05, 4.69) is 37.6 Å². The zero-order valence-corrected chi connectivity index (χ0v) is 8.88. The molecule has 0 aromatic rings. The van der Waals surface area contributed by atoms with E-state index in [1.807, 2.05) is 0 Å². The average molecular weight is 170 g/mol. The molecule has 72 valence electrons. The minimum Gasteiger partial charge on any atom is -0.301 e. The Morgan fingerprint density at radius 1 is 1.33 bits per heavy atom. The van der Waals surface area contributed by atoms with Gasteiger partial charge in [0.05, 0.1) is 0 Å². The Bertz CT molecular complexity index is 134. The molecule has 0 amide bonds. The zero-order chi connectivity index (χ0) is 9.14. The summed E-state index contributed by atoms with van der Waals surface area (Å²) in [6.07, 6.45) is 1.28. The molecular weight excluding hydrogens is 148 g/mol. The average Bonchev–Trinajstić information content (AvgIpc) is 2.05. The van der Waals surface area contributed by atoms with Crippen LogP contribution in [0.2, 0.25) is 0 Å². The number of likely N-dealkylation sites (N-methyl/N-ethyl adjacent to an activating group) is 1. The number of nitrogens with zero attached hydrogens (tertiary/aromatic N) is 2. The molecule has 0 aliphatic carbocycles. The maximum Gasteiger partial charge on any atom is 0.0218 e. The van der Waals surface area contributed by atoms with Crippen LogP contribution in [0, 0.1) is 0 Å². The van der Waals surface area contributed by atoms with Gasteiger partial charge in [0.2, 0.25) is 0 Å². The molecule has 1 unspecified atom stereocenters. The van der Waals surface area contributed by atoms with E-state index in [1.54, 1.807) is 0 Å². The highest BCUT2D eigenvalue weighted by atomic mass is 15.3. The molecule has 1 fully saturated rings. The summed E-state index contributed by atoms with van der Waals surface area (Å²) in [6.45, 7) is 10.6.